The summed E-state index contributed by atoms with van der Waals surface area (Å²) in [6.45, 7) is 0. The highest BCUT2D eigenvalue weighted by Crippen LogP contribution is 2.32. The van der Waals surface area contributed by atoms with Gasteiger partial charge in [0, 0.05) is 27.6 Å². The Kier molecular flexibility index (Phi) is 2.72. The molecule has 2 rings (SSSR count). The van der Waals surface area contributed by atoms with Crippen LogP contribution in [0.2, 0.25) is 0 Å². The van der Waals surface area contributed by atoms with Gasteiger partial charge in [0.2, 0.25) is 0 Å². The number of nitrogens with zero attached hydrogens (tertiary/aromatic N) is 3. The highest BCUT2D eigenvalue weighted by atomic mass is 19.4. The largest absolute Gasteiger partial charge is 0.416 e. The quantitative estimate of drug-likeness (QED) is 0.470. The van der Waals surface area contributed by atoms with Gasteiger partial charge in [0.25, 0.3) is 5.91 Å². The fraction of sp³-hybridized carbons (Fsp3) is 0.100. The van der Waals surface area contributed by atoms with Crippen molar-refractivity contribution in [3.63, 3.8) is 0 Å². The van der Waals surface area contributed by atoms with E-state index in [1.807, 2.05) is 0 Å². The SMILES string of the molecule is [N-]=[N+]=NC(=O)c1c[nH]c2ccc(C(F)(F)F)cc12. The Bertz CT molecular complexity index is 667. The van der Waals surface area contributed by atoms with Crippen molar-refractivity contribution in [1.29, 1.82) is 0 Å². The summed E-state index contributed by atoms with van der Waals surface area (Å²) in [5.41, 5.74) is 7.54. The predicted octanol–water partition coefficient (Wildman–Crippen LogP) is 3.64. The van der Waals surface area contributed by atoms with Gasteiger partial charge >= 0.3 is 6.18 Å². The highest BCUT2D eigenvalue weighted by molar-refractivity contribution is 6.07. The van der Waals surface area contributed by atoms with Gasteiger partial charge in [-0.1, -0.05) is 0 Å². The molecule has 0 aliphatic carbocycles. The summed E-state index contributed by atoms with van der Waals surface area (Å²) in [5, 5.41) is 2.92. The van der Waals surface area contributed by atoms with Crippen molar-refractivity contribution < 1.29 is 18.0 Å². The molecule has 5 nitrogen and oxygen atoms in total. The maximum atomic E-state index is 12.5. The zero-order valence-electron chi connectivity index (χ0n) is 8.69. The summed E-state index contributed by atoms with van der Waals surface area (Å²) in [5.74, 6) is -0.928. The Balaban J connectivity index is 2.64. The van der Waals surface area contributed by atoms with Gasteiger partial charge < -0.3 is 4.98 Å². The van der Waals surface area contributed by atoms with Gasteiger partial charge in [-0.05, 0) is 28.8 Å². The van der Waals surface area contributed by atoms with E-state index in [1.165, 1.54) is 12.3 Å². The number of benzene rings is 1. The van der Waals surface area contributed by atoms with Gasteiger partial charge in [-0.3, -0.25) is 4.79 Å². The van der Waals surface area contributed by atoms with Gasteiger partial charge in [0.1, 0.15) is 0 Å². The zero-order valence-corrected chi connectivity index (χ0v) is 8.69. The number of aromatic amines is 1. The molecule has 0 atom stereocenters. The summed E-state index contributed by atoms with van der Waals surface area (Å²) in [7, 11) is 0. The van der Waals surface area contributed by atoms with Crippen LogP contribution in [0, 0.1) is 0 Å². The Morgan fingerprint density at radius 3 is 2.72 bits per heavy atom. The molecule has 18 heavy (non-hydrogen) atoms. The summed E-state index contributed by atoms with van der Waals surface area (Å²) in [6, 6.07) is 2.96. The van der Waals surface area contributed by atoms with E-state index in [1.54, 1.807) is 0 Å². The first-order valence-corrected chi connectivity index (χ1v) is 4.71. The number of H-pyrrole nitrogens is 1. The average Bonchev–Trinajstić information content (AvgIpc) is 2.70. The summed E-state index contributed by atoms with van der Waals surface area (Å²) in [6.07, 6.45) is -3.29. The molecule has 0 saturated carbocycles. The molecule has 0 radical (unpaired) electrons. The lowest BCUT2D eigenvalue weighted by atomic mass is 10.1. The van der Waals surface area contributed by atoms with Gasteiger partial charge in [0.05, 0.1) is 5.56 Å². The maximum Gasteiger partial charge on any atom is 0.416 e. The lowest BCUT2D eigenvalue weighted by Gasteiger charge is -2.06. The number of fused-ring (bicyclic) bond motifs is 1. The number of hydrogen-bond acceptors (Lipinski definition) is 1. The third kappa shape index (κ3) is 2.01. The second-order valence-corrected chi connectivity index (χ2v) is 3.46. The van der Waals surface area contributed by atoms with Crippen LogP contribution >= 0.6 is 0 Å². The average molecular weight is 254 g/mol. The van der Waals surface area contributed by atoms with Crippen molar-refractivity contribution in [3.05, 3.63) is 46.0 Å². The number of amides is 1. The van der Waals surface area contributed by atoms with Crippen molar-refractivity contribution in [2.24, 2.45) is 5.11 Å². The van der Waals surface area contributed by atoms with Gasteiger partial charge in [-0.2, -0.15) is 13.2 Å². The van der Waals surface area contributed by atoms with Crippen molar-refractivity contribution in [2.75, 3.05) is 0 Å². The second-order valence-electron chi connectivity index (χ2n) is 3.46. The Labute approximate surface area is 97.8 Å². The van der Waals surface area contributed by atoms with Crippen molar-refractivity contribution in [1.82, 2.24) is 4.98 Å². The Hall–Kier alpha value is -2.47. The van der Waals surface area contributed by atoms with E-state index in [-0.39, 0.29) is 10.9 Å². The predicted molar refractivity (Wildman–Crippen MR) is 56.8 cm³/mol. The van der Waals surface area contributed by atoms with Crippen LogP contribution in [0.1, 0.15) is 15.9 Å². The third-order valence-electron chi connectivity index (χ3n) is 2.38. The molecule has 0 bridgehead atoms. The molecular formula is C10H5F3N4O. The number of carbonyl (C=O) groups excluding carboxylic acids is 1. The van der Waals surface area contributed by atoms with Crippen molar-refractivity contribution >= 4 is 16.8 Å². The number of nitrogens with one attached hydrogen (secondary N) is 1. The first-order chi connectivity index (χ1) is 8.43. The van der Waals surface area contributed by atoms with E-state index in [0.29, 0.717) is 5.52 Å². The van der Waals surface area contributed by atoms with Crippen LogP contribution in [0.4, 0.5) is 13.2 Å². The second kappa shape index (κ2) is 4.08. The molecule has 0 unspecified atom stereocenters. The number of hydrogen-bond donors (Lipinski definition) is 1. The van der Waals surface area contributed by atoms with Crippen LogP contribution < -0.4 is 0 Å². The number of alkyl halides is 3. The molecule has 8 heteroatoms. The molecule has 0 aliphatic heterocycles. The molecule has 1 amide bonds. The maximum absolute atomic E-state index is 12.5. The normalized spacial score (nSPS) is 11.3. The molecular weight excluding hydrogens is 249 g/mol. The molecule has 1 aromatic heterocycles. The number of azide groups is 1. The van der Waals surface area contributed by atoms with Crippen LogP contribution in [-0.4, -0.2) is 10.9 Å². The molecule has 0 fully saturated rings. The van der Waals surface area contributed by atoms with Crippen LogP contribution in [0.3, 0.4) is 0 Å². The topological polar surface area (TPSA) is 81.6 Å². The molecule has 0 spiro atoms. The van der Waals surface area contributed by atoms with Crippen LogP contribution in [0.15, 0.2) is 29.5 Å². The molecule has 1 N–H and O–H groups in total. The van der Waals surface area contributed by atoms with Crippen molar-refractivity contribution in [3.8, 4) is 0 Å². The van der Waals surface area contributed by atoms with E-state index >= 15 is 0 Å². The zero-order chi connectivity index (χ0) is 13.3. The third-order valence-corrected chi connectivity index (χ3v) is 2.38. The van der Waals surface area contributed by atoms with Gasteiger partial charge in [-0.25, -0.2) is 0 Å². The van der Waals surface area contributed by atoms with E-state index in [2.05, 4.69) is 15.0 Å². The lowest BCUT2D eigenvalue weighted by Crippen LogP contribution is -2.04. The smallest absolute Gasteiger partial charge is 0.360 e. The monoisotopic (exact) mass is 254 g/mol. The highest BCUT2D eigenvalue weighted by Gasteiger charge is 2.31. The number of halogens is 3. The van der Waals surface area contributed by atoms with Gasteiger partial charge in [0.15, 0.2) is 0 Å². The fourth-order valence-corrected chi connectivity index (χ4v) is 1.57. The number of carbonyl (C=O) groups is 1. The van der Waals surface area contributed by atoms with Crippen LogP contribution in [0.25, 0.3) is 21.3 Å². The molecule has 0 saturated heterocycles. The van der Waals surface area contributed by atoms with E-state index in [0.717, 1.165) is 12.1 Å². The molecule has 0 aliphatic rings. The van der Waals surface area contributed by atoms with Crippen LogP contribution in [-0.2, 0) is 6.18 Å². The molecule has 2 aromatic rings. The van der Waals surface area contributed by atoms with Crippen molar-refractivity contribution in [2.45, 2.75) is 6.18 Å². The Morgan fingerprint density at radius 2 is 2.11 bits per heavy atom. The molecule has 1 heterocycles. The summed E-state index contributed by atoms with van der Waals surface area (Å²) >= 11 is 0. The van der Waals surface area contributed by atoms with Crippen LogP contribution in [0.5, 0.6) is 0 Å². The standard InChI is InChI=1S/C10H5F3N4O/c11-10(12,13)5-1-2-8-6(3-5)7(4-15-8)9(18)16-17-14/h1-4,15H. The number of rotatable bonds is 1. The lowest BCUT2D eigenvalue weighted by molar-refractivity contribution is -0.137. The summed E-state index contributed by atoms with van der Waals surface area (Å²) < 4.78 is 37.6. The fourth-order valence-electron chi connectivity index (χ4n) is 1.57. The first kappa shape index (κ1) is 12.0. The van der Waals surface area contributed by atoms with E-state index in [9.17, 15) is 18.0 Å². The minimum atomic E-state index is -4.50. The Morgan fingerprint density at radius 1 is 1.39 bits per heavy atom. The minimum absolute atomic E-state index is 0.0715. The minimum Gasteiger partial charge on any atom is -0.360 e. The van der Waals surface area contributed by atoms with E-state index < -0.39 is 17.6 Å². The van der Waals surface area contributed by atoms with E-state index in [4.69, 9.17) is 5.53 Å². The first-order valence-electron chi connectivity index (χ1n) is 4.71. The summed E-state index contributed by atoms with van der Waals surface area (Å²) in [4.78, 5) is 16.3. The number of aromatic nitrogens is 1. The molecule has 92 valence electrons. The van der Waals surface area contributed by atoms with Gasteiger partial charge in [-0.15, -0.1) is 0 Å². The molecule has 1 aromatic carbocycles.